The predicted octanol–water partition coefficient (Wildman–Crippen LogP) is 7.76. The summed E-state index contributed by atoms with van der Waals surface area (Å²) in [5.41, 5.74) is 5.44. The van der Waals surface area contributed by atoms with Crippen molar-refractivity contribution in [3.63, 3.8) is 0 Å². The van der Waals surface area contributed by atoms with Crippen molar-refractivity contribution in [3.05, 3.63) is 83.7 Å². The number of hydrogen-bond acceptors (Lipinski definition) is 6. The molecule has 5 aromatic rings. The quantitative estimate of drug-likeness (QED) is 0.260. The third-order valence-corrected chi connectivity index (χ3v) is 6.63. The number of nitrogens with one attached hydrogen (secondary N) is 1. The lowest BCUT2D eigenvalue weighted by Crippen LogP contribution is -2.22. The minimum atomic E-state index is -0.559. The minimum Gasteiger partial charge on any atom is -0.457 e. The Hall–Kier alpha value is -4.52. The fourth-order valence-corrected chi connectivity index (χ4v) is 4.69. The maximum Gasteiger partial charge on any atom is 0.412 e. The molecule has 0 unspecified atom stereocenters. The van der Waals surface area contributed by atoms with E-state index in [4.69, 9.17) is 18.4 Å². The van der Waals surface area contributed by atoms with E-state index >= 15 is 0 Å². The summed E-state index contributed by atoms with van der Waals surface area (Å²) in [6.07, 6.45) is 1.66. The zero-order chi connectivity index (χ0) is 25.5. The molecule has 0 saturated heterocycles. The number of carbonyl (C=O) groups is 1. The van der Waals surface area contributed by atoms with E-state index in [1.165, 1.54) is 12.6 Å². The van der Waals surface area contributed by atoms with Gasteiger partial charge < -0.3 is 23.7 Å². The van der Waals surface area contributed by atoms with Crippen molar-refractivity contribution >= 4 is 17.1 Å². The summed E-state index contributed by atoms with van der Waals surface area (Å²) < 4.78 is 23.5. The maximum absolute atomic E-state index is 12.3. The van der Waals surface area contributed by atoms with Crippen LogP contribution >= 0.6 is 0 Å². The number of aryl methyl sites for hydroxylation is 2. The topological polar surface area (TPSA) is 86.7 Å². The van der Waals surface area contributed by atoms with Gasteiger partial charge in [-0.2, -0.15) is 0 Å². The van der Waals surface area contributed by atoms with Gasteiger partial charge in [-0.05, 0) is 92.3 Å². The number of para-hydroxylation sites is 1. The number of ether oxygens (including phenoxy) is 2. The van der Waals surface area contributed by atoms with Crippen LogP contribution in [0.15, 0.2) is 75.7 Å². The van der Waals surface area contributed by atoms with Crippen molar-refractivity contribution in [2.45, 2.75) is 32.6 Å². The van der Waals surface area contributed by atoms with Crippen molar-refractivity contribution in [1.29, 1.82) is 0 Å². The molecule has 3 aromatic carbocycles. The Morgan fingerprint density at radius 3 is 2.38 bits per heavy atom. The summed E-state index contributed by atoms with van der Waals surface area (Å²) >= 11 is 0. The summed E-state index contributed by atoms with van der Waals surface area (Å²) in [6, 6.07) is 21.2. The van der Waals surface area contributed by atoms with E-state index in [9.17, 15) is 4.79 Å². The minimum absolute atomic E-state index is 0.387. The average molecular weight is 495 g/mol. The van der Waals surface area contributed by atoms with Gasteiger partial charge in [0.1, 0.15) is 22.8 Å². The molecule has 6 rings (SSSR count). The summed E-state index contributed by atoms with van der Waals surface area (Å²) in [7, 11) is 1.53. The van der Waals surface area contributed by atoms with Gasteiger partial charge in [-0.1, -0.05) is 23.4 Å². The zero-order valence-electron chi connectivity index (χ0n) is 20.8. The summed E-state index contributed by atoms with van der Waals surface area (Å²) in [6.45, 7) is 3.86. The second-order valence-electron chi connectivity index (χ2n) is 9.25. The Morgan fingerprint density at radius 2 is 1.73 bits per heavy atom. The van der Waals surface area contributed by atoms with Crippen molar-refractivity contribution in [2.24, 2.45) is 0 Å². The van der Waals surface area contributed by atoms with E-state index in [1.807, 2.05) is 74.5 Å². The highest BCUT2D eigenvalue weighted by molar-refractivity contribution is 5.97. The first-order valence-corrected chi connectivity index (χ1v) is 12.3. The highest BCUT2D eigenvalue weighted by Crippen LogP contribution is 2.50. The predicted molar refractivity (Wildman–Crippen MR) is 140 cm³/mol. The molecule has 0 atom stereocenters. The molecule has 0 bridgehead atoms. The number of benzene rings is 3. The summed E-state index contributed by atoms with van der Waals surface area (Å²) in [5.74, 6) is 3.51. The molecule has 1 saturated carbocycles. The van der Waals surface area contributed by atoms with Crippen LogP contribution in [0.3, 0.4) is 0 Å². The molecule has 1 amide bonds. The average Bonchev–Trinajstić information content (AvgIpc) is 3.63. The van der Waals surface area contributed by atoms with E-state index in [-0.39, 0.29) is 0 Å². The molecular formula is C30H26N2O5. The summed E-state index contributed by atoms with van der Waals surface area (Å²) in [4.78, 5) is 12.3. The van der Waals surface area contributed by atoms with E-state index in [1.54, 1.807) is 0 Å². The lowest BCUT2D eigenvalue weighted by atomic mass is 9.94. The van der Waals surface area contributed by atoms with Gasteiger partial charge >= 0.3 is 6.09 Å². The van der Waals surface area contributed by atoms with Gasteiger partial charge in [-0.15, -0.1) is 0 Å². The molecule has 1 aliphatic rings. The van der Waals surface area contributed by atoms with Crippen LogP contribution in [0.2, 0.25) is 0 Å². The third kappa shape index (κ3) is 4.33. The van der Waals surface area contributed by atoms with Crippen LogP contribution in [-0.2, 0) is 0 Å². The smallest absolute Gasteiger partial charge is 0.412 e. The van der Waals surface area contributed by atoms with Gasteiger partial charge in [0.15, 0.2) is 11.5 Å². The van der Waals surface area contributed by atoms with Crippen LogP contribution in [-0.4, -0.2) is 18.3 Å². The van der Waals surface area contributed by atoms with Gasteiger partial charge in [-0.25, -0.2) is 4.79 Å². The van der Waals surface area contributed by atoms with Crippen molar-refractivity contribution in [1.82, 2.24) is 10.5 Å². The molecule has 0 aliphatic heterocycles. The van der Waals surface area contributed by atoms with Gasteiger partial charge in [-0.3, -0.25) is 0 Å². The fourth-order valence-electron chi connectivity index (χ4n) is 4.69. The molecule has 1 aliphatic carbocycles. The van der Waals surface area contributed by atoms with E-state index in [2.05, 4.69) is 16.5 Å². The molecule has 0 spiro atoms. The van der Waals surface area contributed by atoms with Crippen LogP contribution in [0.4, 0.5) is 4.79 Å². The lowest BCUT2D eigenvalue weighted by Gasteiger charge is -2.10. The molecule has 7 heteroatoms. The van der Waals surface area contributed by atoms with E-state index in [0.29, 0.717) is 28.8 Å². The molecule has 2 aromatic heterocycles. The number of hydrogen-bond donors (Lipinski definition) is 1. The second kappa shape index (κ2) is 9.17. The molecular weight excluding hydrogens is 468 g/mol. The lowest BCUT2D eigenvalue weighted by molar-refractivity contribution is 0.203. The first-order valence-electron chi connectivity index (χ1n) is 12.3. The van der Waals surface area contributed by atoms with Crippen LogP contribution < -0.4 is 14.8 Å². The van der Waals surface area contributed by atoms with Gasteiger partial charge in [0.05, 0.1) is 11.1 Å². The Morgan fingerprint density at radius 1 is 1.00 bits per heavy atom. The van der Waals surface area contributed by atoms with Crippen LogP contribution in [0.1, 0.15) is 35.8 Å². The number of carbonyl (C=O) groups excluding carboxylic acids is 1. The number of fused-ring (bicyclic) bond motifs is 1. The number of furan rings is 1. The van der Waals surface area contributed by atoms with Crippen LogP contribution in [0.5, 0.6) is 17.2 Å². The first kappa shape index (κ1) is 22.9. The standard InChI is InChI=1S/C30H26N2O5/c1-17-27(18(2)37-32-17)24-16-26-25(15-23(24)19-9-10-19)29(36-30(33)31-3)28(35-26)20-11-13-22(14-12-20)34-21-7-5-4-6-8-21/h4-8,11-16,19H,9-10H2,1-3H3,(H,31,33). The van der Waals surface area contributed by atoms with Crippen LogP contribution in [0.25, 0.3) is 33.4 Å². The number of rotatable bonds is 6. The molecule has 1 N–H and O–H groups in total. The highest BCUT2D eigenvalue weighted by atomic mass is 16.6. The number of nitrogens with zero attached hydrogens (tertiary/aromatic N) is 1. The molecule has 186 valence electrons. The van der Waals surface area contributed by atoms with Gasteiger partial charge in [0.2, 0.25) is 0 Å². The second-order valence-corrected chi connectivity index (χ2v) is 9.25. The van der Waals surface area contributed by atoms with E-state index in [0.717, 1.165) is 52.1 Å². The third-order valence-electron chi connectivity index (χ3n) is 6.63. The van der Waals surface area contributed by atoms with Crippen LogP contribution in [0, 0.1) is 13.8 Å². The first-order chi connectivity index (χ1) is 18.0. The number of amides is 1. The Balaban J connectivity index is 1.47. The molecule has 0 radical (unpaired) electrons. The Bertz CT molecular complexity index is 1580. The largest absolute Gasteiger partial charge is 0.457 e. The Labute approximate surface area is 214 Å². The maximum atomic E-state index is 12.3. The highest BCUT2D eigenvalue weighted by Gasteiger charge is 2.31. The molecule has 37 heavy (non-hydrogen) atoms. The monoisotopic (exact) mass is 494 g/mol. The van der Waals surface area contributed by atoms with Gasteiger partial charge in [0.25, 0.3) is 0 Å². The molecule has 2 heterocycles. The molecule has 1 fully saturated rings. The van der Waals surface area contributed by atoms with E-state index < -0.39 is 6.09 Å². The Kier molecular flexibility index (Phi) is 5.68. The zero-order valence-corrected chi connectivity index (χ0v) is 20.8. The van der Waals surface area contributed by atoms with Gasteiger partial charge in [0, 0.05) is 18.2 Å². The number of aromatic nitrogens is 1. The van der Waals surface area contributed by atoms with Crippen molar-refractivity contribution in [2.75, 3.05) is 7.05 Å². The molecule has 7 nitrogen and oxygen atoms in total. The SMILES string of the molecule is CNC(=O)Oc1c(-c2ccc(Oc3ccccc3)cc2)oc2cc(-c3c(C)noc3C)c(C3CC3)cc12. The normalized spacial score (nSPS) is 13.1. The van der Waals surface area contributed by atoms with Crippen molar-refractivity contribution < 1.29 is 23.2 Å². The summed E-state index contributed by atoms with van der Waals surface area (Å²) in [5, 5.41) is 7.45. The van der Waals surface area contributed by atoms with Crippen molar-refractivity contribution in [3.8, 4) is 39.7 Å². The fraction of sp³-hybridized carbons (Fsp3) is 0.200.